The molecule has 0 bridgehead atoms. The number of likely N-dealkylation sites (tertiary alicyclic amines) is 1. The number of nitrogens with zero attached hydrogens (tertiary/aromatic N) is 1. The lowest BCUT2D eigenvalue weighted by Crippen LogP contribution is -2.58. The van der Waals surface area contributed by atoms with Crippen LogP contribution in [0.4, 0.5) is 0 Å². The lowest BCUT2D eigenvalue weighted by molar-refractivity contribution is -0.167. The van der Waals surface area contributed by atoms with E-state index < -0.39 is 17.8 Å². The third kappa shape index (κ3) is 4.48. The first kappa shape index (κ1) is 22.9. The number of hydrogen-bond donors (Lipinski definition) is 0. The summed E-state index contributed by atoms with van der Waals surface area (Å²) in [6, 6.07) is 12.6. The highest BCUT2D eigenvalue weighted by Gasteiger charge is 2.54. The second kappa shape index (κ2) is 10.1. The topological polar surface area (TPSA) is 83.5 Å². The van der Waals surface area contributed by atoms with Gasteiger partial charge in [-0.3, -0.25) is 9.59 Å². The van der Waals surface area contributed by atoms with Crippen molar-refractivity contribution >= 4 is 11.9 Å². The first-order valence-electron chi connectivity index (χ1n) is 11.1. The molecule has 2 aromatic rings. The molecule has 176 valence electrons. The fourth-order valence-electron chi connectivity index (χ4n) is 4.47. The van der Waals surface area contributed by atoms with Gasteiger partial charge in [0.05, 0.1) is 38.7 Å². The Morgan fingerprint density at radius 2 is 1.85 bits per heavy atom. The Hall–Kier alpha value is -3.26. The van der Waals surface area contributed by atoms with Gasteiger partial charge in [0, 0.05) is 13.2 Å². The Balaban J connectivity index is 1.67. The van der Waals surface area contributed by atoms with E-state index in [1.165, 1.54) is 7.11 Å². The van der Waals surface area contributed by atoms with Crippen molar-refractivity contribution in [3.63, 3.8) is 0 Å². The number of carbonyl (C=O) groups excluding carboxylic acids is 2. The van der Waals surface area contributed by atoms with Gasteiger partial charge in [0.2, 0.25) is 12.7 Å². The molecule has 1 fully saturated rings. The molecule has 33 heavy (non-hydrogen) atoms. The van der Waals surface area contributed by atoms with Crippen molar-refractivity contribution in [3.05, 3.63) is 53.6 Å². The summed E-state index contributed by atoms with van der Waals surface area (Å²) in [5.74, 6) is -0.0762. The van der Waals surface area contributed by atoms with Crippen LogP contribution in [0, 0.1) is 5.92 Å². The highest BCUT2D eigenvalue weighted by molar-refractivity contribution is 5.94. The molecule has 3 atom stereocenters. The maximum atomic E-state index is 13.4. The molecule has 8 nitrogen and oxygen atoms in total. The van der Waals surface area contributed by atoms with Crippen LogP contribution in [0.1, 0.15) is 36.4 Å². The van der Waals surface area contributed by atoms with Crippen LogP contribution in [0.15, 0.2) is 42.5 Å². The molecule has 1 saturated heterocycles. The van der Waals surface area contributed by atoms with Gasteiger partial charge in [-0.2, -0.15) is 0 Å². The van der Waals surface area contributed by atoms with E-state index in [4.69, 9.17) is 23.7 Å². The number of β-lactam (4-membered cyclic amide) rings is 1. The molecule has 0 saturated carbocycles. The second-order valence-electron chi connectivity index (χ2n) is 8.00. The molecule has 0 aliphatic carbocycles. The first-order valence-corrected chi connectivity index (χ1v) is 11.1. The zero-order valence-corrected chi connectivity index (χ0v) is 19.1. The van der Waals surface area contributed by atoms with Crippen molar-refractivity contribution in [2.24, 2.45) is 5.92 Å². The predicted octanol–water partition coefficient (Wildman–Crippen LogP) is 3.31. The summed E-state index contributed by atoms with van der Waals surface area (Å²) in [5.41, 5.74) is 1.58. The molecular formula is C25H29NO7. The number of ether oxygens (including phenoxy) is 5. The number of hydrogen-bond acceptors (Lipinski definition) is 7. The van der Waals surface area contributed by atoms with Gasteiger partial charge in [0.1, 0.15) is 5.75 Å². The van der Waals surface area contributed by atoms with Gasteiger partial charge in [0.25, 0.3) is 0 Å². The van der Waals surface area contributed by atoms with Crippen molar-refractivity contribution in [3.8, 4) is 17.2 Å². The van der Waals surface area contributed by atoms with Crippen LogP contribution in [-0.2, 0) is 19.1 Å². The van der Waals surface area contributed by atoms with E-state index in [9.17, 15) is 9.59 Å². The zero-order valence-electron chi connectivity index (χ0n) is 19.1. The van der Waals surface area contributed by atoms with Crippen molar-refractivity contribution in [2.45, 2.75) is 25.3 Å². The van der Waals surface area contributed by atoms with E-state index in [1.807, 2.05) is 31.2 Å². The third-order valence-corrected chi connectivity index (χ3v) is 6.10. The van der Waals surface area contributed by atoms with E-state index in [1.54, 1.807) is 30.2 Å². The van der Waals surface area contributed by atoms with Gasteiger partial charge in [-0.15, -0.1) is 0 Å². The molecule has 0 aromatic heterocycles. The average Bonchev–Trinajstić information content (AvgIpc) is 3.32. The molecule has 8 heteroatoms. The number of benzene rings is 2. The molecule has 2 heterocycles. The standard InChI is InChI=1S/C25H29NO7/c1-4-12-31-13-11-26-23(16-5-8-18(29-2)9-6-16)22(24(26)27)21(25(28)30-3)17-7-10-19-20(14-17)33-15-32-19/h5-10,14,21-23H,4,11-13,15H2,1-3H3/t21-,22+,23+/m1/s1. The highest BCUT2D eigenvalue weighted by Crippen LogP contribution is 2.49. The lowest BCUT2D eigenvalue weighted by Gasteiger charge is -2.50. The minimum atomic E-state index is -0.781. The lowest BCUT2D eigenvalue weighted by atomic mass is 9.71. The Labute approximate surface area is 193 Å². The van der Waals surface area contributed by atoms with Crippen LogP contribution in [0.25, 0.3) is 0 Å². The quantitative estimate of drug-likeness (QED) is 0.309. The number of esters is 1. The molecule has 2 aliphatic heterocycles. The normalized spacial score (nSPS) is 19.7. The van der Waals surface area contributed by atoms with Crippen molar-refractivity contribution in [1.29, 1.82) is 0 Å². The smallest absolute Gasteiger partial charge is 0.314 e. The second-order valence-corrected chi connectivity index (χ2v) is 8.00. The summed E-state index contributed by atoms with van der Waals surface area (Å²) in [4.78, 5) is 28.1. The SMILES string of the molecule is CCCOCCN1C(=O)[C@@H]([C@H](C(=O)OC)c2ccc3c(c2)OCO3)[C@@H]1c1ccc(OC)cc1. The van der Waals surface area contributed by atoms with E-state index in [2.05, 4.69) is 0 Å². The van der Waals surface area contributed by atoms with Crippen molar-refractivity contribution < 1.29 is 33.3 Å². The monoisotopic (exact) mass is 455 g/mol. The van der Waals surface area contributed by atoms with E-state index in [0.29, 0.717) is 36.8 Å². The minimum absolute atomic E-state index is 0.107. The van der Waals surface area contributed by atoms with Crippen LogP contribution < -0.4 is 14.2 Å². The molecule has 2 aromatic carbocycles. The molecule has 0 spiro atoms. The van der Waals surface area contributed by atoms with Gasteiger partial charge >= 0.3 is 5.97 Å². The predicted molar refractivity (Wildman–Crippen MR) is 119 cm³/mol. The van der Waals surface area contributed by atoms with Gasteiger partial charge < -0.3 is 28.6 Å². The first-order chi connectivity index (χ1) is 16.1. The van der Waals surface area contributed by atoms with E-state index >= 15 is 0 Å². The molecule has 0 unspecified atom stereocenters. The molecular weight excluding hydrogens is 426 g/mol. The number of amides is 1. The minimum Gasteiger partial charge on any atom is -0.497 e. The molecule has 1 amide bonds. The Morgan fingerprint density at radius 1 is 1.09 bits per heavy atom. The maximum Gasteiger partial charge on any atom is 0.314 e. The number of rotatable bonds is 10. The van der Waals surface area contributed by atoms with Crippen LogP contribution in [0.5, 0.6) is 17.2 Å². The number of fused-ring (bicyclic) bond motifs is 1. The number of carbonyl (C=O) groups is 2. The van der Waals surface area contributed by atoms with Gasteiger partial charge in [-0.25, -0.2) is 0 Å². The molecule has 0 N–H and O–H groups in total. The molecule has 4 rings (SSSR count). The third-order valence-electron chi connectivity index (χ3n) is 6.10. The van der Waals surface area contributed by atoms with Gasteiger partial charge in [-0.05, 0) is 41.8 Å². The Kier molecular flexibility index (Phi) is 7.03. The summed E-state index contributed by atoms with van der Waals surface area (Å²) in [5, 5.41) is 0. The summed E-state index contributed by atoms with van der Waals surface area (Å²) in [6.45, 7) is 3.69. The van der Waals surface area contributed by atoms with Crippen LogP contribution >= 0.6 is 0 Å². The largest absolute Gasteiger partial charge is 0.497 e. The van der Waals surface area contributed by atoms with Gasteiger partial charge in [-0.1, -0.05) is 25.1 Å². The fourth-order valence-corrected chi connectivity index (χ4v) is 4.47. The zero-order chi connectivity index (χ0) is 23.4. The van der Waals surface area contributed by atoms with E-state index in [-0.39, 0.29) is 18.7 Å². The summed E-state index contributed by atoms with van der Waals surface area (Å²) >= 11 is 0. The fraction of sp³-hybridized carbons (Fsp3) is 0.440. The van der Waals surface area contributed by atoms with Gasteiger partial charge in [0.15, 0.2) is 11.5 Å². The van der Waals surface area contributed by atoms with Crippen molar-refractivity contribution in [1.82, 2.24) is 4.90 Å². The summed E-state index contributed by atoms with van der Waals surface area (Å²) < 4.78 is 26.9. The Morgan fingerprint density at radius 3 is 2.55 bits per heavy atom. The molecule has 0 radical (unpaired) electrons. The molecule has 2 aliphatic rings. The average molecular weight is 456 g/mol. The maximum absolute atomic E-state index is 13.4. The van der Waals surface area contributed by atoms with Crippen molar-refractivity contribution in [2.75, 3.05) is 40.8 Å². The number of methoxy groups -OCH3 is 2. The highest BCUT2D eigenvalue weighted by atomic mass is 16.7. The summed E-state index contributed by atoms with van der Waals surface area (Å²) in [7, 11) is 2.94. The summed E-state index contributed by atoms with van der Waals surface area (Å²) in [6.07, 6.45) is 0.910. The van der Waals surface area contributed by atoms with Crippen LogP contribution in [0.3, 0.4) is 0 Å². The van der Waals surface area contributed by atoms with Crippen LogP contribution in [-0.4, -0.2) is 57.5 Å². The van der Waals surface area contributed by atoms with E-state index in [0.717, 1.165) is 17.7 Å². The van der Waals surface area contributed by atoms with Crippen LogP contribution in [0.2, 0.25) is 0 Å². The Bertz CT molecular complexity index is 991.